The first kappa shape index (κ1) is 14.9. The molecule has 0 atom stereocenters. The van der Waals surface area contributed by atoms with E-state index in [0.29, 0.717) is 16.8 Å². The summed E-state index contributed by atoms with van der Waals surface area (Å²) in [5.41, 5.74) is 1.78. The Balaban J connectivity index is 1.82. The van der Waals surface area contributed by atoms with E-state index >= 15 is 0 Å². The van der Waals surface area contributed by atoms with Gasteiger partial charge in [0.2, 0.25) is 5.89 Å². The first-order chi connectivity index (χ1) is 11.2. The first-order valence-electron chi connectivity index (χ1n) is 7.54. The highest BCUT2D eigenvalue weighted by Crippen LogP contribution is 2.34. The van der Waals surface area contributed by atoms with Gasteiger partial charge < -0.3 is 13.7 Å². The normalized spacial score (nSPS) is 16.2. The van der Waals surface area contributed by atoms with Crippen LogP contribution in [0, 0.1) is 5.92 Å². The molecule has 7 heteroatoms. The van der Waals surface area contributed by atoms with E-state index in [-0.39, 0.29) is 0 Å². The average Bonchev–Trinajstić information content (AvgIpc) is 3.13. The molecule has 3 heterocycles. The molecule has 4 rings (SSSR count). The maximum Gasteiger partial charge on any atom is 0.414 e. The lowest BCUT2D eigenvalue weighted by atomic mass is 10.0. The van der Waals surface area contributed by atoms with E-state index in [1.807, 2.05) is 24.4 Å². The smallest absolute Gasteiger partial charge is 0.394 e. The zero-order valence-corrected chi connectivity index (χ0v) is 13.9. The Bertz CT molecular complexity index is 892. The van der Waals surface area contributed by atoms with E-state index < -0.39 is 4.94 Å². The van der Waals surface area contributed by atoms with E-state index in [0.717, 1.165) is 60.6 Å². The Morgan fingerprint density at radius 1 is 1.35 bits per heavy atom. The molecule has 1 saturated heterocycles. The SMILES string of the molecule is O=c1oc(-c2cn(CC3CCOCC3)c3c(Cl)cccc23)ns1. The molecule has 0 amide bonds. The van der Waals surface area contributed by atoms with Crippen molar-refractivity contribution in [3.05, 3.63) is 39.2 Å². The lowest BCUT2D eigenvalue weighted by molar-refractivity contribution is 0.0616. The fourth-order valence-electron chi connectivity index (χ4n) is 3.14. The maximum atomic E-state index is 11.3. The van der Waals surface area contributed by atoms with Gasteiger partial charge in [-0.25, -0.2) is 4.79 Å². The average molecular weight is 351 g/mol. The van der Waals surface area contributed by atoms with Crippen LogP contribution in [-0.4, -0.2) is 22.2 Å². The van der Waals surface area contributed by atoms with Crippen molar-refractivity contribution < 1.29 is 9.15 Å². The molecule has 0 N–H and O–H groups in total. The summed E-state index contributed by atoms with van der Waals surface area (Å²) >= 11 is 7.26. The highest BCUT2D eigenvalue weighted by atomic mass is 35.5. The predicted octanol–water partition coefficient (Wildman–Crippen LogP) is 3.80. The summed E-state index contributed by atoms with van der Waals surface area (Å²) in [6.45, 7) is 2.49. The molecule has 3 aromatic rings. The molecule has 120 valence electrons. The van der Waals surface area contributed by atoms with Crippen LogP contribution in [0.1, 0.15) is 12.8 Å². The van der Waals surface area contributed by atoms with Crippen molar-refractivity contribution in [2.45, 2.75) is 19.4 Å². The number of benzene rings is 1. The van der Waals surface area contributed by atoms with Crippen molar-refractivity contribution >= 4 is 34.0 Å². The van der Waals surface area contributed by atoms with Gasteiger partial charge in [-0.15, -0.1) is 4.37 Å². The second-order valence-corrected chi connectivity index (χ2v) is 6.83. The van der Waals surface area contributed by atoms with E-state index in [1.54, 1.807) is 0 Å². The Labute approximate surface area is 141 Å². The molecule has 23 heavy (non-hydrogen) atoms. The third kappa shape index (κ3) is 2.82. The summed E-state index contributed by atoms with van der Waals surface area (Å²) in [5, 5.41) is 1.65. The van der Waals surface area contributed by atoms with E-state index in [9.17, 15) is 4.79 Å². The van der Waals surface area contributed by atoms with Crippen LogP contribution in [0.5, 0.6) is 0 Å². The predicted molar refractivity (Wildman–Crippen MR) is 90.1 cm³/mol. The van der Waals surface area contributed by atoms with Gasteiger partial charge in [0.1, 0.15) is 0 Å². The first-order valence-corrected chi connectivity index (χ1v) is 8.70. The number of nitrogens with zero attached hydrogens (tertiary/aromatic N) is 2. The number of ether oxygens (including phenoxy) is 1. The van der Waals surface area contributed by atoms with Gasteiger partial charge in [-0.2, -0.15) is 0 Å². The molecule has 2 aromatic heterocycles. The van der Waals surface area contributed by atoms with Gasteiger partial charge in [-0.1, -0.05) is 23.7 Å². The van der Waals surface area contributed by atoms with Crippen LogP contribution in [0.3, 0.4) is 0 Å². The monoisotopic (exact) mass is 350 g/mol. The zero-order chi connectivity index (χ0) is 15.8. The third-order valence-electron chi connectivity index (χ3n) is 4.26. The minimum Gasteiger partial charge on any atom is -0.394 e. The molecule has 1 aliphatic rings. The Morgan fingerprint density at radius 2 is 2.17 bits per heavy atom. The molecular weight excluding hydrogens is 336 g/mol. The standard InChI is InChI=1S/C16H15ClN2O3S/c17-13-3-1-2-11-12(15-18-23-16(20)22-15)9-19(14(11)13)8-10-4-6-21-7-5-10/h1-3,9-10H,4-8H2. The van der Waals surface area contributed by atoms with Crippen LogP contribution < -0.4 is 4.94 Å². The van der Waals surface area contributed by atoms with E-state index in [2.05, 4.69) is 8.94 Å². The quantitative estimate of drug-likeness (QED) is 0.721. The van der Waals surface area contributed by atoms with Crippen molar-refractivity contribution in [2.75, 3.05) is 13.2 Å². The van der Waals surface area contributed by atoms with Gasteiger partial charge in [-0.3, -0.25) is 0 Å². The van der Waals surface area contributed by atoms with Crippen LogP contribution in [0.4, 0.5) is 0 Å². The summed E-state index contributed by atoms with van der Waals surface area (Å²) < 4.78 is 16.9. The highest BCUT2D eigenvalue weighted by Gasteiger charge is 2.20. The maximum absolute atomic E-state index is 11.3. The summed E-state index contributed by atoms with van der Waals surface area (Å²) in [7, 11) is 0. The number of hydrogen-bond acceptors (Lipinski definition) is 5. The Hall–Kier alpha value is -1.63. The van der Waals surface area contributed by atoms with E-state index in [1.165, 1.54) is 0 Å². The molecule has 1 aromatic carbocycles. The number of rotatable bonds is 3. The van der Waals surface area contributed by atoms with E-state index in [4.69, 9.17) is 20.8 Å². The molecule has 0 radical (unpaired) electrons. The minimum absolute atomic E-state index is 0.359. The van der Waals surface area contributed by atoms with Crippen LogP contribution in [0.15, 0.2) is 33.6 Å². The molecule has 0 saturated carbocycles. The van der Waals surface area contributed by atoms with Crippen molar-refractivity contribution in [3.63, 3.8) is 0 Å². The van der Waals surface area contributed by atoms with Gasteiger partial charge in [0.15, 0.2) is 0 Å². The molecule has 0 aliphatic carbocycles. The van der Waals surface area contributed by atoms with Crippen molar-refractivity contribution in [1.82, 2.24) is 8.94 Å². The van der Waals surface area contributed by atoms with Gasteiger partial charge in [0.25, 0.3) is 0 Å². The largest absolute Gasteiger partial charge is 0.414 e. The lowest BCUT2D eigenvalue weighted by Gasteiger charge is -2.23. The van der Waals surface area contributed by atoms with Crippen LogP contribution in [0.25, 0.3) is 22.4 Å². The lowest BCUT2D eigenvalue weighted by Crippen LogP contribution is -2.20. The summed E-state index contributed by atoms with van der Waals surface area (Å²) in [4.78, 5) is 10.9. The summed E-state index contributed by atoms with van der Waals surface area (Å²) in [6.07, 6.45) is 4.08. The molecule has 1 fully saturated rings. The van der Waals surface area contributed by atoms with Crippen LogP contribution in [-0.2, 0) is 11.3 Å². The molecule has 1 aliphatic heterocycles. The number of fused-ring (bicyclic) bond motifs is 1. The Kier molecular flexibility index (Phi) is 3.97. The molecular formula is C16H15ClN2O3S. The van der Waals surface area contributed by atoms with Crippen LogP contribution in [0.2, 0.25) is 5.02 Å². The highest BCUT2D eigenvalue weighted by molar-refractivity contribution is 7.02. The fourth-order valence-corrected chi connectivity index (χ4v) is 3.83. The summed E-state index contributed by atoms with van der Waals surface area (Å²) in [6, 6.07) is 5.76. The van der Waals surface area contributed by atoms with Crippen molar-refractivity contribution in [3.8, 4) is 11.5 Å². The minimum atomic E-state index is -0.396. The molecule has 0 unspecified atom stereocenters. The van der Waals surface area contributed by atoms with Gasteiger partial charge in [0, 0.05) is 31.3 Å². The summed E-state index contributed by atoms with van der Waals surface area (Å²) in [5.74, 6) is 0.920. The number of hydrogen-bond donors (Lipinski definition) is 0. The zero-order valence-electron chi connectivity index (χ0n) is 12.3. The van der Waals surface area contributed by atoms with Gasteiger partial charge in [0.05, 0.1) is 27.6 Å². The van der Waals surface area contributed by atoms with Gasteiger partial charge in [-0.05, 0) is 24.8 Å². The molecule has 5 nitrogen and oxygen atoms in total. The Morgan fingerprint density at radius 3 is 2.91 bits per heavy atom. The van der Waals surface area contributed by atoms with Crippen LogP contribution >= 0.6 is 23.1 Å². The van der Waals surface area contributed by atoms with Crippen molar-refractivity contribution in [1.29, 1.82) is 0 Å². The number of para-hydroxylation sites is 1. The second kappa shape index (κ2) is 6.11. The fraction of sp³-hybridized carbons (Fsp3) is 0.375. The number of aromatic nitrogens is 2. The number of halogens is 1. The topological polar surface area (TPSA) is 57.3 Å². The van der Waals surface area contributed by atoms with Gasteiger partial charge >= 0.3 is 4.94 Å². The molecule has 0 bridgehead atoms. The van der Waals surface area contributed by atoms with Crippen molar-refractivity contribution in [2.24, 2.45) is 5.92 Å². The third-order valence-corrected chi connectivity index (χ3v) is 5.05. The molecule has 0 spiro atoms. The second-order valence-electron chi connectivity index (χ2n) is 5.73.